The summed E-state index contributed by atoms with van der Waals surface area (Å²) in [5.41, 5.74) is 3.89. The van der Waals surface area contributed by atoms with Crippen molar-refractivity contribution in [1.29, 1.82) is 0 Å². The van der Waals surface area contributed by atoms with E-state index in [1.165, 1.54) is 14.0 Å². The smallest absolute Gasteiger partial charge is 0.308 e. The average molecular weight is 499 g/mol. The Bertz CT molecular complexity index is 1530. The molecule has 1 heterocycles. The minimum absolute atomic E-state index is 0.146. The number of aryl methyl sites for hydroxylation is 1. The molecule has 0 aliphatic heterocycles. The Hall–Kier alpha value is -4.26. The number of oxime groups is 1. The van der Waals surface area contributed by atoms with Crippen LogP contribution in [0.25, 0.3) is 21.8 Å². The van der Waals surface area contributed by atoms with Crippen LogP contribution in [-0.2, 0) is 16.2 Å². The van der Waals surface area contributed by atoms with Gasteiger partial charge in [0.1, 0.15) is 18.6 Å². The lowest BCUT2D eigenvalue weighted by Gasteiger charge is -2.08. The van der Waals surface area contributed by atoms with Crippen molar-refractivity contribution in [3.05, 3.63) is 77.4 Å². The molecule has 0 radical (unpaired) electrons. The maximum Gasteiger partial charge on any atom is 0.308 e. The number of ketones is 2. The van der Waals surface area contributed by atoms with E-state index in [9.17, 15) is 14.4 Å². The number of aromatic nitrogens is 1. The van der Waals surface area contributed by atoms with Crippen LogP contribution < -0.4 is 4.74 Å². The van der Waals surface area contributed by atoms with Crippen LogP contribution in [0.5, 0.6) is 5.75 Å². The van der Waals surface area contributed by atoms with Gasteiger partial charge in [-0.1, -0.05) is 19.0 Å². The fraction of sp³-hybridized carbons (Fsp3) is 0.267. The van der Waals surface area contributed by atoms with Gasteiger partial charge >= 0.3 is 5.97 Å². The molecule has 37 heavy (non-hydrogen) atoms. The van der Waals surface area contributed by atoms with Crippen molar-refractivity contribution in [1.82, 2.24) is 4.57 Å². The molecule has 4 rings (SSSR count). The van der Waals surface area contributed by atoms with Gasteiger partial charge in [0.2, 0.25) is 5.78 Å². The minimum Gasteiger partial charge on any atom is -0.427 e. The van der Waals surface area contributed by atoms with Crippen LogP contribution in [0.15, 0.2) is 65.8 Å². The summed E-state index contributed by atoms with van der Waals surface area (Å²) in [4.78, 5) is 42.7. The molecule has 0 N–H and O–H groups in total. The Balaban J connectivity index is 1.78. The van der Waals surface area contributed by atoms with E-state index in [0.29, 0.717) is 34.6 Å². The molecule has 0 bridgehead atoms. The molecular weight excluding hydrogens is 468 g/mol. The first kappa shape index (κ1) is 25.8. The molecule has 0 amide bonds. The second-order valence-corrected chi connectivity index (χ2v) is 9.30. The van der Waals surface area contributed by atoms with E-state index in [1.807, 2.05) is 50.2 Å². The van der Waals surface area contributed by atoms with Crippen molar-refractivity contribution in [2.45, 2.75) is 40.7 Å². The van der Waals surface area contributed by atoms with Gasteiger partial charge in [-0.25, -0.2) is 0 Å². The summed E-state index contributed by atoms with van der Waals surface area (Å²) in [6.07, 6.45) is 0.510. The molecule has 0 fully saturated rings. The molecule has 0 atom stereocenters. The number of fused-ring (bicyclic) bond motifs is 3. The molecule has 0 spiro atoms. The Kier molecular flexibility index (Phi) is 7.53. The summed E-state index contributed by atoms with van der Waals surface area (Å²) in [7, 11) is 1.44. The minimum atomic E-state index is -0.417. The second-order valence-electron chi connectivity index (χ2n) is 9.30. The van der Waals surface area contributed by atoms with Crippen LogP contribution in [0.2, 0.25) is 0 Å². The van der Waals surface area contributed by atoms with E-state index in [1.54, 1.807) is 24.3 Å². The third-order valence-electron chi connectivity index (χ3n) is 6.15. The van der Waals surface area contributed by atoms with E-state index in [2.05, 4.69) is 16.6 Å². The monoisotopic (exact) mass is 498 g/mol. The zero-order valence-corrected chi connectivity index (χ0v) is 21.7. The Labute approximate surface area is 215 Å². The lowest BCUT2D eigenvalue weighted by atomic mass is 9.97. The van der Waals surface area contributed by atoms with E-state index >= 15 is 0 Å². The highest BCUT2D eigenvalue weighted by Crippen LogP contribution is 2.32. The number of carbonyl (C=O) groups is 3. The maximum atomic E-state index is 13.3. The lowest BCUT2D eigenvalue weighted by Crippen LogP contribution is -2.17. The first-order chi connectivity index (χ1) is 17.7. The lowest BCUT2D eigenvalue weighted by molar-refractivity contribution is -0.131. The van der Waals surface area contributed by atoms with Gasteiger partial charge in [-0.2, -0.15) is 0 Å². The number of ether oxygens (including phenoxy) is 1. The van der Waals surface area contributed by atoms with Crippen LogP contribution in [0.1, 0.15) is 60.4 Å². The van der Waals surface area contributed by atoms with Gasteiger partial charge in [-0.3, -0.25) is 14.4 Å². The van der Waals surface area contributed by atoms with E-state index < -0.39 is 5.97 Å². The first-order valence-electron chi connectivity index (χ1n) is 12.3. The standard InChI is InChI=1S/C30H30N2O5/c1-6-32-27-13-9-21(29(34)20-7-11-23(12-8-20)37-19(4)33)16-24(27)25-17-22(10-14-28(25)32)30(35)26(31-36-5)15-18(2)3/h7-14,16-18H,6,15H2,1-5H3/b31-26+. The topological polar surface area (TPSA) is 87.0 Å². The molecule has 0 aliphatic carbocycles. The van der Waals surface area contributed by atoms with Crippen molar-refractivity contribution in [2.24, 2.45) is 11.1 Å². The molecule has 190 valence electrons. The van der Waals surface area contributed by atoms with Crippen molar-refractivity contribution in [2.75, 3.05) is 7.11 Å². The summed E-state index contributed by atoms with van der Waals surface area (Å²) in [5.74, 6) is -0.0985. The summed E-state index contributed by atoms with van der Waals surface area (Å²) >= 11 is 0. The molecule has 0 aliphatic rings. The highest BCUT2D eigenvalue weighted by molar-refractivity contribution is 6.46. The molecule has 0 saturated heterocycles. The molecule has 3 aromatic carbocycles. The predicted molar refractivity (Wildman–Crippen MR) is 145 cm³/mol. The Morgan fingerprint density at radius 2 is 1.43 bits per heavy atom. The summed E-state index contributed by atoms with van der Waals surface area (Å²) in [5, 5.41) is 5.77. The largest absolute Gasteiger partial charge is 0.427 e. The quantitative estimate of drug-likeness (QED) is 0.0901. The van der Waals surface area contributed by atoms with Crippen molar-refractivity contribution < 1.29 is 24.0 Å². The molecule has 1 aromatic heterocycles. The van der Waals surface area contributed by atoms with Gasteiger partial charge < -0.3 is 14.1 Å². The van der Waals surface area contributed by atoms with E-state index in [4.69, 9.17) is 9.57 Å². The predicted octanol–water partition coefficient (Wildman–Crippen LogP) is 6.20. The highest BCUT2D eigenvalue weighted by atomic mass is 16.6. The van der Waals surface area contributed by atoms with Crippen LogP contribution in [0.4, 0.5) is 0 Å². The van der Waals surface area contributed by atoms with Crippen molar-refractivity contribution in [3.63, 3.8) is 0 Å². The number of carbonyl (C=O) groups excluding carboxylic acids is 3. The van der Waals surface area contributed by atoms with Crippen LogP contribution in [0, 0.1) is 5.92 Å². The second kappa shape index (κ2) is 10.8. The van der Waals surface area contributed by atoms with Crippen molar-refractivity contribution >= 4 is 45.1 Å². The molecule has 7 heteroatoms. The van der Waals surface area contributed by atoms with Gasteiger partial charge in [-0.05, 0) is 79.9 Å². The Morgan fingerprint density at radius 3 is 1.97 bits per heavy atom. The number of hydrogen-bond donors (Lipinski definition) is 0. The molecule has 0 unspecified atom stereocenters. The number of benzene rings is 3. The number of nitrogens with zero attached hydrogens (tertiary/aromatic N) is 2. The number of rotatable bonds is 9. The van der Waals surface area contributed by atoms with Crippen LogP contribution in [-0.4, -0.2) is 34.9 Å². The van der Waals surface area contributed by atoms with Gasteiger partial charge in [0, 0.05) is 52.0 Å². The van der Waals surface area contributed by atoms with Gasteiger partial charge in [0.15, 0.2) is 5.78 Å². The number of esters is 1. The first-order valence-corrected chi connectivity index (χ1v) is 12.3. The fourth-order valence-corrected chi connectivity index (χ4v) is 4.57. The summed E-state index contributed by atoms with van der Waals surface area (Å²) < 4.78 is 7.23. The average Bonchev–Trinajstić information content (AvgIpc) is 3.19. The van der Waals surface area contributed by atoms with Gasteiger partial charge in [0.25, 0.3) is 0 Å². The maximum absolute atomic E-state index is 13.3. The van der Waals surface area contributed by atoms with Gasteiger partial charge in [-0.15, -0.1) is 0 Å². The van der Waals surface area contributed by atoms with E-state index in [0.717, 1.165) is 28.4 Å². The fourth-order valence-electron chi connectivity index (χ4n) is 4.57. The zero-order chi connectivity index (χ0) is 26.7. The zero-order valence-electron chi connectivity index (χ0n) is 21.7. The molecule has 7 nitrogen and oxygen atoms in total. The SMILES string of the molecule is CCn1c2ccc(C(=O)/C(CC(C)C)=N/OC)cc2c2cc(C(=O)c3ccc(OC(C)=O)cc3)ccc21. The van der Waals surface area contributed by atoms with Crippen molar-refractivity contribution in [3.8, 4) is 5.75 Å². The normalized spacial score (nSPS) is 11.8. The van der Waals surface area contributed by atoms with Crippen LogP contribution >= 0.6 is 0 Å². The Morgan fingerprint density at radius 1 is 0.865 bits per heavy atom. The third-order valence-corrected chi connectivity index (χ3v) is 6.15. The third kappa shape index (κ3) is 5.31. The molecule has 0 saturated carbocycles. The molecule has 4 aromatic rings. The van der Waals surface area contributed by atoms with Gasteiger partial charge in [0.05, 0.1) is 0 Å². The number of Topliss-reactive ketones (excluding diaryl/α,β-unsaturated/α-hetero) is 1. The number of hydrogen-bond acceptors (Lipinski definition) is 6. The molecular formula is C30H30N2O5. The highest BCUT2D eigenvalue weighted by Gasteiger charge is 2.20. The summed E-state index contributed by atoms with van der Waals surface area (Å²) in [6, 6.07) is 17.8. The summed E-state index contributed by atoms with van der Waals surface area (Å²) in [6.45, 7) is 8.18. The van der Waals surface area contributed by atoms with E-state index in [-0.39, 0.29) is 17.5 Å². The van der Waals surface area contributed by atoms with Crippen LogP contribution in [0.3, 0.4) is 0 Å².